The molecule has 2 nitrogen and oxygen atoms in total. The molecule has 1 aliphatic rings. The standard InChI is InChI=1S/C16H25FN2S/c1-4-5-18-11-13-8-14(17)10-15(9-13)19-6-7-20-16(2,3)12-19/h8-10,18H,4-7,11-12H2,1-3H3. The van der Waals surface area contributed by atoms with Crippen molar-refractivity contribution in [2.75, 3.05) is 30.3 Å². The highest BCUT2D eigenvalue weighted by molar-refractivity contribution is 8.00. The van der Waals surface area contributed by atoms with Crippen molar-refractivity contribution in [2.45, 2.75) is 38.5 Å². The molecule has 0 radical (unpaired) electrons. The number of benzene rings is 1. The van der Waals surface area contributed by atoms with Crippen molar-refractivity contribution in [3.63, 3.8) is 0 Å². The van der Waals surface area contributed by atoms with Crippen LogP contribution in [0.15, 0.2) is 18.2 Å². The molecule has 0 amide bonds. The topological polar surface area (TPSA) is 15.3 Å². The summed E-state index contributed by atoms with van der Waals surface area (Å²) < 4.78 is 14.1. The van der Waals surface area contributed by atoms with Crippen LogP contribution in [0.1, 0.15) is 32.8 Å². The van der Waals surface area contributed by atoms with E-state index >= 15 is 0 Å². The van der Waals surface area contributed by atoms with Crippen LogP contribution in [0.25, 0.3) is 0 Å². The second kappa shape index (κ2) is 6.81. The van der Waals surface area contributed by atoms with E-state index in [0.29, 0.717) is 0 Å². The molecule has 0 aromatic heterocycles. The van der Waals surface area contributed by atoms with Crippen LogP contribution in [0.4, 0.5) is 10.1 Å². The lowest BCUT2D eigenvalue weighted by atomic mass is 10.1. The van der Waals surface area contributed by atoms with Crippen LogP contribution < -0.4 is 10.2 Å². The van der Waals surface area contributed by atoms with Gasteiger partial charge in [-0.15, -0.1) is 0 Å². The molecule has 1 aromatic rings. The van der Waals surface area contributed by atoms with E-state index in [2.05, 4.69) is 37.1 Å². The number of hydrogen-bond donors (Lipinski definition) is 1. The summed E-state index contributed by atoms with van der Waals surface area (Å²) in [7, 11) is 0. The number of anilines is 1. The van der Waals surface area contributed by atoms with Crippen LogP contribution in [0.3, 0.4) is 0 Å². The highest BCUT2D eigenvalue weighted by atomic mass is 32.2. The third-order valence-electron chi connectivity index (χ3n) is 3.49. The molecule has 1 N–H and O–H groups in total. The van der Waals surface area contributed by atoms with E-state index in [-0.39, 0.29) is 10.6 Å². The van der Waals surface area contributed by atoms with Crippen molar-refractivity contribution in [2.24, 2.45) is 0 Å². The molecule has 0 aliphatic carbocycles. The molecule has 0 atom stereocenters. The summed E-state index contributed by atoms with van der Waals surface area (Å²) in [5.74, 6) is 0.972. The fourth-order valence-corrected chi connectivity index (χ4v) is 3.68. The molecule has 4 heteroatoms. The Morgan fingerprint density at radius 1 is 1.35 bits per heavy atom. The van der Waals surface area contributed by atoms with Crippen LogP contribution in [-0.2, 0) is 6.54 Å². The van der Waals surface area contributed by atoms with Crippen molar-refractivity contribution in [3.8, 4) is 0 Å². The number of rotatable bonds is 5. The minimum absolute atomic E-state index is 0.133. The first-order valence-electron chi connectivity index (χ1n) is 7.39. The van der Waals surface area contributed by atoms with Gasteiger partial charge in [0.2, 0.25) is 0 Å². The smallest absolute Gasteiger partial charge is 0.125 e. The maximum Gasteiger partial charge on any atom is 0.125 e. The van der Waals surface area contributed by atoms with Gasteiger partial charge in [-0.25, -0.2) is 4.39 Å². The molecule has 2 rings (SSSR count). The minimum atomic E-state index is -0.133. The summed E-state index contributed by atoms with van der Waals surface area (Å²) in [6.07, 6.45) is 1.10. The quantitative estimate of drug-likeness (QED) is 0.835. The Morgan fingerprint density at radius 3 is 2.85 bits per heavy atom. The summed E-state index contributed by atoms with van der Waals surface area (Å²) in [4.78, 5) is 2.31. The average Bonchev–Trinajstić information content (AvgIpc) is 2.37. The number of halogens is 1. The molecule has 1 aromatic carbocycles. The molecular weight excluding hydrogens is 271 g/mol. The molecular formula is C16H25FN2S. The van der Waals surface area contributed by atoms with Gasteiger partial charge in [-0.05, 0) is 50.6 Å². The Bertz CT molecular complexity index is 448. The van der Waals surface area contributed by atoms with Crippen LogP contribution in [0.2, 0.25) is 0 Å². The Labute approximate surface area is 126 Å². The maximum absolute atomic E-state index is 13.8. The first kappa shape index (κ1) is 15.6. The fraction of sp³-hybridized carbons (Fsp3) is 0.625. The lowest BCUT2D eigenvalue weighted by molar-refractivity contribution is 0.612. The summed E-state index contributed by atoms with van der Waals surface area (Å²) in [5, 5.41) is 3.34. The first-order valence-corrected chi connectivity index (χ1v) is 8.38. The molecule has 0 spiro atoms. The second-order valence-electron chi connectivity index (χ2n) is 6.02. The van der Waals surface area contributed by atoms with Gasteiger partial charge >= 0.3 is 0 Å². The lowest BCUT2D eigenvalue weighted by Crippen LogP contribution is -2.43. The van der Waals surface area contributed by atoms with Crippen LogP contribution in [0.5, 0.6) is 0 Å². The number of nitrogens with zero attached hydrogens (tertiary/aromatic N) is 1. The average molecular weight is 296 g/mol. The Morgan fingerprint density at radius 2 is 2.15 bits per heavy atom. The predicted octanol–water partition coefficient (Wildman–Crippen LogP) is 3.66. The van der Waals surface area contributed by atoms with E-state index in [9.17, 15) is 4.39 Å². The molecule has 0 bridgehead atoms. The zero-order valence-electron chi connectivity index (χ0n) is 12.7. The van der Waals surface area contributed by atoms with E-state index < -0.39 is 0 Å². The molecule has 1 saturated heterocycles. The Hall–Kier alpha value is -0.740. The zero-order valence-corrected chi connectivity index (χ0v) is 13.5. The van der Waals surface area contributed by atoms with Gasteiger partial charge in [0, 0.05) is 35.8 Å². The Kier molecular flexibility index (Phi) is 5.33. The van der Waals surface area contributed by atoms with Crippen molar-refractivity contribution >= 4 is 17.4 Å². The maximum atomic E-state index is 13.8. The van der Waals surface area contributed by atoms with E-state index in [1.165, 1.54) is 0 Å². The van der Waals surface area contributed by atoms with E-state index in [1.807, 2.05) is 11.8 Å². The molecule has 1 heterocycles. The van der Waals surface area contributed by atoms with Crippen LogP contribution >= 0.6 is 11.8 Å². The van der Waals surface area contributed by atoms with Gasteiger partial charge in [0.15, 0.2) is 0 Å². The molecule has 1 aliphatic heterocycles. The van der Waals surface area contributed by atoms with Crippen molar-refractivity contribution < 1.29 is 4.39 Å². The summed E-state index contributed by atoms with van der Waals surface area (Å²) in [6, 6.07) is 5.42. The van der Waals surface area contributed by atoms with Gasteiger partial charge in [0.1, 0.15) is 5.82 Å². The highest BCUT2D eigenvalue weighted by Crippen LogP contribution is 2.32. The van der Waals surface area contributed by atoms with Gasteiger partial charge < -0.3 is 10.2 Å². The second-order valence-corrected chi connectivity index (χ2v) is 7.83. The lowest BCUT2D eigenvalue weighted by Gasteiger charge is -2.39. The minimum Gasteiger partial charge on any atom is -0.369 e. The van der Waals surface area contributed by atoms with Gasteiger partial charge in [0.25, 0.3) is 0 Å². The number of nitrogens with one attached hydrogen (secondary N) is 1. The summed E-state index contributed by atoms with van der Waals surface area (Å²) in [6.45, 7) is 10.3. The van der Waals surface area contributed by atoms with E-state index in [1.54, 1.807) is 12.1 Å². The summed E-state index contributed by atoms with van der Waals surface area (Å²) in [5.41, 5.74) is 2.05. The van der Waals surface area contributed by atoms with Crippen molar-refractivity contribution in [3.05, 3.63) is 29.6 Å². The van der Waals surface area contributed by atoms with Crippen molar-refractivity contribution in [1.82, 2.24) is 5.32 Å². The van der Waals surface area contributed by atoms with Gasteiger partial charge in [-0.3, -0.25) is 0 Å². The largest absolute Gasteiger partial charge is 0.369 e. The highest BCUT2D eigenvalue weighted by Gasteiger charge is 2.27. The zero-order chi connectivity index (χ0) is 14.6. The third kappa shape index (κ3) is 4.38. The normalized spacial score (nSPS) is 18.3. The summed E-state index contributed by atoms with van der Waals surface area (Å²) >= 11 is 2.00. The van der Waals surface area contributed by atoms with Gasteiger partial charge in [-0.2, -0.15) is 11.8 Å². The monoisotopic (exact) mass is 296 g/mol. The Balaban J connectivity index is 2.10. The molecule has 112 valence electrons. The van der Waals surface area contributed by atoms with Gasteiger partial charge in [-0.1, -0.05) is 6.92 Å². The molecule has 0 unspecified atom stereocenters. The molecule has 0 saturated carbocycles. The molecule has 20 heavy (non-hydrogen) atoms. The van der Waals surface area contributed by atoms with E-state index in [0.717, 1.165) is 49.6 Å². The number of thioether (sulfide) groups is 1. The van der Waals surface area contributed by atoms with E-state index in [4.69, 9.17) is 0 Å². The SMILES string of the molecule is CCCNCc1cc(F)cc(N2CCSC(C)(C)C2)c1. The van der Waals surface area contributed by atoms with Crippen molar-refractivity contribution in [1.29, 1.82) is 0 Å². The van der Waals surface area contributed by atoms with Gasteiger partial charge in [0.05, 0.1) is 0 Å². The van der Waals surface area contributed by atoms with Crippen LogP contribution in [0, 0.1) is 5.82 Å². The molecule has 1 fully saturated rings. The van der Waals surface area contributed by atoms with Crippen LogP contribution in [-0.4, -0.2) is 30.1 Å². The fourth-order valence-electron chi connectivity index (χ4n) is 2.56. The predicted molar refractivity (Wildman–Crippen MR) is 87.1 cm³/mol. The number of hydrogen-bond acceptors (Lipinski definition) is 3. The first-order chi connectivity index (χ1) is 9.50. The third-order valence-corrected chi connectivity index (χ3v) is 4.79.